The maximum Gasteiger partial charge on any atom is 0.185 e. The zero-order chi connectivity index (χ0) is 13.9. The minimum Gasteiger partial charge on any atom is -0.497 e. The Bertz CT molecular complexity index is 663. The minimum atomic E-state index is -3.68. The number of methoxy groups -OCH3 is 1. The summed E-state index contributed by atoms with van der Waals surface area (Å²) in [6.45, 7) is 0. The lowest BCUT2D eigenvalue weighted by molar-refractivity contribution is 0.414. The first-order chi connectivity index (χ1) is 9.03. The first-order valence-corrected chi connectivity index (χ1v) is 7.28. The fraction of sp³-hybridized carbons (Fsp3) is 0.143. The van der Waals surface area contributed by atoms with Gasteiger partial charge in [0.2, 0.25) is 0 Å². The van der Waals surface area contributed by atoms with Gasteiger partial charge in [-0.1, -0.05) is 24.3 Å². The molecule has 0 atom stereocenters. The lowest BCUT2D eigenvalue weighted by Gasteiger charge is -2.06. The van der Waals surface area contributed by atoms with Crippen LogP contribution >= 0.6 is 0 Å². The molecule has 5 heteroatoms. The van der Waals surface area contributed by atoms with Crippen LogP contribution in [-0.4, -0.2) is 15.5 Å². The summed E-state index contributed by atoms with van der Waals surface area (Å²) in [5.74, 6) is -0.319. The molecule has 0 aliphatic carbocycles. The Labute approximate surface area is 111 Å². The third-order valence-corrected chi connectivity index (χ3v) is 4.40. The van der Waals surface area contributed by atoms with Gasteiger partial charge < -0.3 is 4.74 Å². The Morgan fingerprint density at radius 1 is 1.05 bits per heavy atom. The number of hydrogen-bond donors (Lipinski definition) is 0. The third kappa shape index (κ3) is 3.12. The van der Waals surface area contributed by atoms with E-state index < -0.39 is 15.7 Å². The molecule has 0 aromatic heterocycles. The number of rotatable bonds is 4. The minimum absolute atomic E-state index is 0.238. The average Bonchev–Trinajstić information content (AvgIpc) is 2.39. The molecule has 0 saturated carbocycles. The van der Waals surface area contributed by atoms with Crippen LogP contribution in [0.25, 0.3) is 0 Å². The van der Waals surface area contributed by atoms with Crippen molar-refractivity contribution in [2.45, 2.75) is 10.6 Å². The summed E-state index contributed by atoms with van der Waals surface area (Å²) in [5, 5.41) is 0. The molecule has 2 rings (SSSR count). The Balaban J connectivity index is 2.28. The van der Waals surface area contributed by atoms with Crippen molar-refractivity contribution in [2.75, 3.05) is 7.11 Å². The summed E-state index contributed by atoms with van der Waals surface area (Å²) >= 11 is 0. The van der Waals surface area contributed by atoms with E-state index in [0.29, 0.717) is 11.3 Å². The first-order valence-electron chi connectivity index (χ1n) is 5.63. The molecule has 0 fully saturated rings. The molecule has 2 aromatic carbocycles. The SMILES string of the molecule is COc1ccc(CS(=O)(=O)c2ccccc2F)cc1. The van der Waals surface area contributed by atoms with Gasteiger partial charge in [0.25, 0.3) is 0 Å². The maximum atomic E-state index is 13.5. The zero-order valence-electron chi connectivity index (χ0n) is 10.3. The Hall–Kier alpha value is -1.88. The van der Waals surface area contributed by atoms with Crippen molar-refractivity contribution in [1.29, 1.82) is 0 Å². The van der Waals surface area contributed by atoms with Gasteiger partial charge in [0, 0.05) is 0 Å². The van der Waals surface area contributed by atoms with Gasteiger partial charge in [-0.2, -0.15) is 0 Å². The van der Waals surface area contributed by atoms with Gasteiger partial charge in [-0.25, -0.2) is 12.8 Å². The molecule has 2 aromatic rings. The molecule has 0 saturated heterocycles. The summed E-state index contributed by atoms with van der Waals surface area (Å²) < 4.78 is 42.7. The van der Waals surface area contributed by atoms with Gasteiger partial charge in [-0.05, 0) is 29.8 Å². The Morgan fingerprint density at radius 3 is 2.26 bits per heavy atom. The summed E-state index contributed by atoms with van der Waals surface area (Å²) in [7, 11) is -2.15. The summed E-state index contributed by atoms with van der Waals surface area (Å²) in [4.78, 5) is -0.272. The van der Waals surface area contributed by atoms with E-state index in [-0.39, 0.29) is 10.6 Å². The monoisotopic (exact) mass is 280 g/mol. The lowest BCUT2D eigenvalue weighted by Crippen LogP contribution is -2.07. The first kappa shape index (κ1) is 13.5. The number of halogens is 1. The van der Waals surface area contributed by atoms with Crippen LogP contribution in [0.1, 0.15) is 5.56 Å². The highest BCUT2D eigenvalue weighted by Gasteiger charge is 2.19. The van der Waals surface area contributed by atoms with E-state index in [1.54, 1.807) is 24.3 Å². The molecule has 0 bridgehead atoms. The van der Waals surface area contributed by atoms with E-state index in [1.165, 1.54) is 25.3 Å². The lowest BCUT2D eigenvalue weighted by atomic mass is 10.2. The van der Waals surface area contributed by atoms with E-state index in [0.717, 1.165) is 6.07 Å². The van der Waals surface area contributed by atoms with E-state index in [1.807, 2.05) is 0 Å². The molecule has 0 aliphatic rings. The predicted octanol–water partition coefficient (Wildman–Crippen LogP) is 2.81. The van der Waals surface area contributed by atoms with Crippen molar-refractivity contribution in [3.05, 3.63) is 59.9 Å². The second-order valence-electron chi connectivity index (χ2n) is 4.04. The van der Waals surface area contributed by atoms with Crippen LogP contribution in [0.5, 0.6) is 5.75 Å². The molecule has 0 radical (unpaired) electrons. The Kier molecular flexibility index (Phi) is 3.85. The fourth-order valence-electron chi connectivity index (χ4n) is 1.72. The molecule has 3 nitrogen and oxygen atoms in total. The van der Waals surface area contributed by atoms with Crippen LogP contribution in [0.2, 0.25) is 0 Å². The van der Waals surface area contributed by atoms with Gasteiger partial charge in [0.05, 0.1) is 12.9 Å². The standard InChI is InChI=1S/C14H13FO3S/c1-18-12-8-6-11(7-9-12)10-19(16,17)14-5-3-2-4-13(14)15/h2-9H,10H2,1H3. The van der Waals surface area contributed by atoms with E-state index >= 15 is 0 Å². The Morgan fingerprint density at radius 2 is 1.68 bits per heavy atom. The van der Waals surface area contributed by atoms with Crippen molar-refractivity contribution < 1.29 is 17.5 Å². The maximum absolute atomic E-state index is 13.5. The van der Waals surface area contributed by atoms with Crippen LogP contribution in [0.15, 0.2) is 53.4 Å². The molecule has 0 N–H and O–H groups in total. The van der Waals surface area contributed by atoms with Crippen LogP contribution in [0.3, 0.4) is 0 Å². The predicted molar refractivity (Wildman–Crippen MR) is 70.3 cm³/mol. The van der Waals surface area contributed by atoms with Gasteiger partial charge in [-0.15, -0.1) is 0 Å². The number of benzene rings is 2. The van der Waals surface area contributed by atoms with E-state index in [9.17, 15) is 12.8 Å². The second-order valence-corrected chi connectivity index (χ2v) is 6.00. The molecule has 0 amide bonds. The van der Waals surface area contributed by atoms with Crippen molar-refractivity contribution in [3.63, 3.8) is 0 Å². The fourth-order valence-corrected chi connectivity index (χ4v) is 3.15. The van der Waals surface area contributed by atoms with Gasteiger partial charge in [0.1, 0.15) is 16.5 Å². The topological polar surface area (TPSA) is 43.4 Å². The number of sulfone groups is 1. The van der Waals surface area contributed by atoms with Crippen molar-refractivity contribution in [3.8, 4) is 5.75 Å². The normalized spacial score (nSPS) is 11.3. The smallest absolute Gasteiger partial charge is 0.185 e. The highest BCUT2D eigenvalue weighted by Crippen LogP contribution is 2.20. The molecule has 100 valence electrons. The van der Waals surface area contributed by atoms with E-state index in [2.05, 4.69) is 0 Å². The van der Waals surface area contributed by atoms with Crippen molar-refractivity contribution in [1.82, 2.24) is 0 Å². The van der Waals surface area contributed by atoms with E-state index in [4.69, 9.17) is 4.74 Å². The molecule has 0 aliphatic heterocycles. The molecule has 19 heavy (non-hydrogen) atoms. The van der Waals surface area contributed by atoms with Crippen LogP contribution < -0.4 is 4.74 Å². The zero-order valence-corrected chi connectivity index (χ0v) is 11.2. The highest BCUT2D eigenvalue weighted by atomic mass is 32.2. The molecule has 0 heterocycles. The van der Waals surface area contributed by atoms with Crippen molar-refractivity contribution >= 4 is 9.84 Å². The summed E-state index contributed by atoms with van der Waals surface area (Å²) in [6, 6.07) is 12.0. The van der Waals surface area contributed by atoms with Crippen molar-refractivity contribution in [2.24, 2.45) is 0 Å². The van der Waals surface area contributed by atoms with Gasteiger partial charge in [0.15, 0.2) is 9.84 Å². The summed E-state index contributed by atoms with van der Waals surface area (Å²) in [5.41, 5.74) is 0.587. The highest BCUT2D eigenvalue weighted by molar-refractivity contribution is 7.90. The number of hydrogen-bond acceptors (Lipinski definition) is 3. The second kappa shape index (κ2) is 5.40. The van der Waals surface area contributed by atoms with Crippen LogP contribution in [0.4, 0.5) is 4.39 Å². The molecular formula is C14H13FO3S. The van der Waals surface area contributed by atoms with Crippen LogP contribution in [-0.2, 0) is 15.6 Å². The molecule has 0 unspecified atom stereocenters. The number of ether oxygens (including phenoxy) is 1. The quantitative estimate of drug-likeness (QED) is 0.865. The summed E-state index contributed by atoms with van der Waals surface area (Å²) in [6.07, 6.45) is 0. The molecular weight excluding hydrogens is 267 g/mol. The van der Waals surface area contributed by atoms with Gasteiger partial charge >= 0.3 is 0 Å². The third-order valence-electron chi connectivity index (χ3n) is 2.69. The largest absolute Gasteiger partial charge is 0.497 e. The van der Waals surface area contributed by atoms with Gasteiger partial charge in [-0.3, -0.25) is 0 Å². The van der Waals surface area contributed by atoms with Crippen LogP contribution in [0, 0.1) is 5.82 Å². The average molecular weight is 280 g/mol. The molecule has 0 spiro atoms.